The zero-order valence-electron chi connectivity index (χ0n) is 25.5. The van der Waals surface area contributed by atoms with Crippen LogP contribution in [0, 0.1) is 11.6 Å². The number of hydrogen-bond donors (Lipinski definition) is 5. The van der Waals surface area contributed by atoms with Gasteiger partial charge in [-0.3, -0.25) is 14.8 Å². The minimum atomic E-state index is -1.19. The van der Waals surface area contributed by atoms with Gasteiger partial charge in [-0.15, -0.1) is 11.3 Å². The molecule has 0 bridgehead atoms. The average Bonchev–Trinajstić information content (AvgIpc) is 3.51. The van der Waals surface area contributed by atoms with Gasteiger partial charge in [0.2, 0.25) is 5.91 Å². The molecule has 0 unspecified atom stereocenters. The van der Waals surface area contributed by atoms with Gasteiger partial charge in [-0.05, 0) is 59.7 Å². The number of halogens is 2. The summed E-state index contributed by atoms with van der Waals surface area (Å²) in [6, 6.07) is 17.5. The van der Waals surface area contributed by atoms with Crippen molar-refractivity contribution >= 4 is 56.4 Å². The van der Waals surface area contributed by atoms with E-state index in [4.69, 9.17) is 36.7 Å². The van der Waals surface area contributed by atoms with E-state index in [0.717, 1.165) is 27.4 Å². The molecule has 0 radical (unpaired) electrons. The second kappa shape index (κ2) is 17.8. The molecule has 5 rings (SSSR count). The lowest BCUT2D eigenvalue weighted by atomic mass is 10.1. The van der Waals surface area contributed by atoms with E-state index >= 15 is 4.39 Å². The zero-order chi connectivity index (χ0) is 34.5. The maximum absolute atomic E-state index is 15.0. The van der Waals surface area contributed by atoms with Gasteiger partial charge >= 0.3 is 5.97 Å². The number of ether oxygens (including phenoxy) is 2. The van der Waals surface area contributed by atoms with Gasteiger partial charge < -0.3 is 35.6 Å². The first-order valence-corrected chi connectivity index (χ1v) is 15.6. The van der Waals surface area contributed by atoms with E-state index in [9.17, 15) is 9.18 Å². The average molecular weight is 696 g/mol. The SMILES string of the molecule is COCCNCc1ccc(-c2cc3nccc(Oc4ccc(NC(=S)NC(=O)Cc5ccc(F)cc5)cc4F)c3s2)nc1.O=C(O)CO. The van der Waals surface area contributed by atoms with E-state index in [2.05, 4.69) is 25.9 Å². The van der Waals surface area contributed by atoms with Crippen LogP contribution >= 0.6 is 23.6 Å². The molecule has 250 valence electrons. The number of carboxylic acid groups (broad SMARTS) is 1. The van der Waals surface area contributed by atoms with Crippen LogP contribution in [0.5, 0.6) is 11.5 Å². The van der Waals surface area contributed by atoms with Gasteiger partial charge in [-0.1, -0.05) is 18.2 Å². The van der Waals surface area contributed by atoms with Crippen LogP contribution in [0.1, 0.15) is 11.1 Å². The number of carbonyl (C=O) groups is 2. The molecule has 2 aromatic carbocycles. The lowest BCUT2D eigenvalue weighted by Gasteiger charge is -2.12. The van der Waals surface area contributed by atoms with Crippen LogP contribution < -0.4 is 20.7 Å². The molecule has 48 heavy (non-hydrogen) atoms. The third kappa shape index (κ3) is 10.8. The summed E-state index contributed by atoms with van der Waals surface area (Å²) in [5.41, 5.74) is 3.54. The Balaban J connectivity index is 0.000000968. The normalized spacial score (nSPS) is 10.6. The number of fused-ring (bicyclic) bond motifs is 1. The first kappa shape index (κ1) is 35.9. The number of amides is 1. The Morgan fingerprint density at radius 3 is 2.40 bits per heavy atom. The lowest BCUT2D eigenvalue weighted by molar-refractivity contribution is -0.140. The van der Waals surface area contributed by atoms with Crippen LogP contribution in [0.2, 0.25) is 0 Å². The number of benzene rings is 2. The molecule has 1 amide bonds. The molecule has 0 saturated heterocycles. The van der Waals surface area contributed by atoms with E-state index in [1.54, 1.807) is 25.4 Å². The zero-order valence-corrected chi connectivity index (χ0v) is 27.2. The fraction of sp³-hybridized carbons (Fsp3) is 0.182. The number of aliphatic carboxylic acids is 1. The molecule has 0 atom stereocenters. The molecule has 0 aliphatic carbocycles. The molecule has 15 heteroatoms. The van der Waals surface area contributed by atoms with Gasteiger partial charge in [0.15, 0.2) is 16.7 Å². The van der Waals surface area contributed by atoms with Gasteiger partial charge in [-0.2, -0.15) is 0 Å². The summed E-state index contributed by atoms with van der Waals surface area (Å²) in [5, 5.41) is 23.6. The molecule has 0 aliphatic rings. The topological polar surface area (TPSA) is 155 Å². The Bertz CT molecular complexity index is 1860. The summed E-state index contributed by atoms with van der Waals surface area (Å²) in [5.74, 6) is -2.10. The van der Waals surface area contributed by atoms with E-state index in [1.165, 1.54) is 47.7 Å². The molecule has 5 N–H and O–H groups in total. The fourth-order valence-corrected chi connectivity index (χ4v) is 5.38. The molecule has 5 aromatic rings. The van der Waals surface area contributed by atoms with Crippen molar-refractivity contribution in [2.24, 2.45) is 0 Å². The van der Waals surface area contributed by atoms with Crippen LogP contribution in [0.4, 0.5) is 14.5 Å². The number of hydrogen-bond acceptors (Lipinski definition) is 10. The first-order valence-electron chi connectivity index (χ1n) is 14.3. The molecule has 0 fully saturated rings. The van der Waals surface area contributed by atoms with Crippen molar-refractivity contribution in [1.29, 1.82) is 0 Å². The third-order valence-electron chi connectivity index (χ3n) is 6.34. The third-order valence-corrected chi connectivity index (χ3v) is 7.71. The number of aliphatic hydroxyl groups is 1. The van der Waals surface area contributed by atoms with Gasteiger partial charge in [0.25, 0.3) is 0 Å². The minimum Gasteiger partial charge on any atom is -0.480 e. The van der Waals surface area contributed by atoms with Gasteiger partial charge in [-0.25, -0.2) is 13.6 Å². The number of carboxylic acids is 1. The Morgan fingerprint density at radius 1 is 0.979 bits per heavy atom. The molecular weight excluding hydrogens is 665 g/mol. The minimum absolute atomic E-state index is 0.00568. The number of aromatic nitrogens is 2. The van der Waals surface area contributed by atoms with Crippen molar-refractivity contribution in [3.05, 3.63) is 102 Å². The number of rotatable bonds is 12. The van der Waals surface area contributed by atoms with Crippen LogP contribution in [0.15, 0.2) is 79.1 Å². The van der Waals surface area contributed by atoms with Crippen molar-refractivity contribution in [3.63, 3.8) is 0 Å². The second-order valence-electron chi connectivity index (χ2n) is 9.96. The summed E-state index contributed by atoms with van der Waals surface area (Å²) in [4.78, 5) is 31.3. The van der Waals surface area contributed by atoms with Crippen molar-refractivity contribution in [3.8, 4) is 22.1 Å². The molecular formula is C33H31F2N5O6S2. The fourth-order valence-electron chi connectivity index (χ4n) is 4.10. The number of thiophene rings is 1. The van der Waals surface area contributed by atoms with Crippen LogP contribution in [-0.2, 0) is 27.3 Å². The second-order valence-corrected chi connectivity index (χ2v) is 11.4. The van der Waals surface area contributed by atoms with Crippen molar-refractivity contribution in [2.75, 3.05) is 32.2 Å². The summed E-state index contributed by atoms with van der Waals surface area (Å²) in [6.45, 7) is 1.32. The maximum Gasteiger partial charge on any atom is 0.329 e. The van der Waals surface area contributed by atoms with Gasteiger partial charge in [0.05, 0.1) is 33.8 Å². The molecule has 0 saturated carbocycles. The number of nitrogens with one attached hydrogen (secondary N) is 3. The smallest absolute Gasteiger partial charge is 0.329 e. The predicted molar refractivity (Wildman–Crippen MR) is 182 cm³/mol. The molecule has 11 nitrogen and oxygen atoms in total. The molecule has 0 spiro atoms. The Hall–Kier alpha value is -4.93. The summed E-state index contributed by atoms with van der Waals surface area (Å²) < 4.78 is 39.9. The van der Waals surface area contributed by atoms with E-state index in [0.29, 0.717) is 35.7 Å². The van der Waals surface area contributed by atoms with Crippen LogP contribution in [-0.4, -0.2) is 64.0 Å². The highest BCUT2D eigenvalue weighted by atomic mass is 32.1. The monoisotopic (exact) mass is 695 g/mol. The number of methoxy groups -OCH3 is 1. The highest BCUT2D eigenvalue weighted by Gasteiger charge is 2.15. The number of carbonyl (C=O) groups excluding carboxylic acids is 1. The van der Waals surface area contributed by atoms with E-state index < -0.39 is 18.4 Å². The first-order chi connectivity index (χ1) is 23.1. The molecule has 0 aliphatic heterocycles. The summed E-state index contributed by atoms with van der Waals surface area (Å²) in [6.07, 6.45) is 3.46. The quantitative estimate of drug-likeness (QED) is 0.0855. The number of pyridine rings is 2. The van der Waals surface area contributed by atoms with Gasteiger partial charge in [0, 0.05) is 50.4 Å². The lowest BCUT2D eigenvalue weighted by Crippen LogP contribution is -2.35. The molecule has 3 heterocycles. The Morgan fingerprint density at radius 2 is 1.73 bits per heavy atom. The predicted octanol–water partition coefficient (Wildman–Crippen LogP) is 5.28. The number of aliphatic hydroxyl groups excluding tert-OH is 1. The standard InChI is InChI=1S/C31H27F2N5O3S2.C2H4O3/c1-40-13-12-34-17-20-4-8-24(36-18-20)28-16-25-30(43-28)27(10-11-35-25)41-26-9-7-22(15-23(26)33)37-31(42)38-29(39)14-19-2-5-21(32)6-3-19;3-1-2(4)5/h2-11,15-16,18,34H,12-14,17H2,1H3,(H2,37,38,39,42);3H,1H2,(H,4,5). The Labute approximate surface area is 283 Å². The number of thiocarbonyl (C=S) groups is 1. The summed E-state index contributed by atoms with van der Waals surface area (Å²) >= 11 is 6.64. The highest BCUT2D eigenvalue weighted by molar-refractivity contribution is 7.80. The van der Waals surface area contributed by atoms with Crippen molar-refractivity contribution in [1.82, 2.24) is 20.6 Å². The maximum atomic E-state index is 15.0. The summed E-state index contributed by atoms with van der Waals surface area (Å²) in [7, 11) is 1.67. The number of nitrogens with zero attached hydrogens (tertiary/aromatic N) is 2. The van der Waals surface area contributed by atoms with E-state index in [-0.39, 0.29) is 29.0 Å². The van der Waals surface area contributed by atoms with Crippen molar-refractivity contribution in [2.45, 2.75) is 13.0 Å². The van der Waals surface area contributed by atoms with Crippen molar-refractivity contribution < 1.29 is 38.1 Å². The number of anilines is 1. The highest BCUT2D eigenvalue weighted by Crippen LogP contribution is 2.39. The van der Waals surface area contributed by atoms with Crippen LogP contribution in [0.3, 0.4) is 0 Å². The van der Waals surface area contributed by atoms with E-state index in [1.807, 2.05) is 24.4 Å². The Kier molecular flexibility index (Phi) is 13.3. The largest absolute Gasteiger partial charge is 0.480 e. The van der Waals surface area contributed by atoms with Gasteiger partial charge in [0.1, 0.15) is 18.2 Å². The van der Waals surface area contributed by atoms with Crippen LogP contribution in [0.25, 0.3) is 20.8 Å². The molecule has 3 aromatic heterocycles.